The van der Waals surface area contributed by atoms with E-state index in [9.17, 15) is 0 Å². The molecule has 4 aliphatic carbocycles. The first kappa shape index (κ1) is 29.7. The fourth-order valence-electron chi connectivity index (χ4n) is 9.21. The summed E-state index contributed by atoms with van der Waals surface area (Å²) in [7, 11) is 0. The zero-order chi connectivity index (χ0) is 33.3. The SMILES string of the molecule is C/C=C(/c1ccccc1)c1sc2c(c1C)C=CCCC2C1=Cc2c(n(-c3ccc4ccc5c6c4c3C=CC6C=CC=C5)c3ccccc23)CC1. The molecule has 0 bridgehead atoms. The molecule has 2 atom stereocenters. The predicted molar refractivity (Wildman–Crippen MR) is 216 cm³/mol. The van der Waals surface area contributed by atoms with E-state index in [0.717, 1.165) is 25.7 Å². The van der Waals surface area contributed by atoms with Crippen LogP contribution < -0.4 is 0 Å². The monoisotopic (exact) mass is 661 g/mol. The molecule has 0 spiro atoms. The summed E-state index contributed by atoms with van der Waals surface area (Å²) in [4.78, 5) is 2.96. The van der Waals surface area contributed by atoms with Crippen LogP contribution >= 0.6 is 11.3 Å². The number of allylic oxidation sites excluding steroid dienone is 7. The van der Waals surface area contributed by atoms with Crippen molar-refractivity contribution in [3.05, 3.63) is 175 Å². The highest BCUT2D eigenvalue weighted by Gasteiger charge is 2.31. The van der Waals surface area contributed by atoms with E-state index in [4.69, 9.17) is 0 Å². The lowest BCUT2D eigenvalue weighted by atomic mass is 9.82. The highest BCUT2D eigenvalue weighted by atomic mass is 32.1. The second kappa shape index (κ2) is 11.7. The molecule has 0 fully saturated rings. The molecule has 2 heterocycles. The lowest BCUT2D eigenvalue weighted by Gasteiger charge is -2.26. The van der Waals surface area contributed by atoms with E-state index in [1.165, 1.54) is 82.5 Å². The minimum atomic E-state index is 0.309. The minimum absolute atomic E-state index is 0.309. The predicted octanol–water partition coefficient (Wildman–Crippen LogP) is 13.2. The smallest absolute Gasteiger partial charge is 0.0537 e. The second-order valence-electron chi connectivity index (χ2n) is 14.2. The van der Waals surface area contributed by atoms with Crippen LogP contribution in [0.5, 0.6) is 0 Å². The number of nitrogens with zero attached hydrogens (tertiary/aromatic N) is 1. The molecule has 0 saturated heterocycles. The fraction of sp³-hybridized carbons (Fsp3) is 0.167. The van der Waals surface area contributed by atoms with Crippen LogP contribution in [0.4, 0.5) is 0 Å². The van der Waals surface area contributed by atoms with Gasteiger partial charge in [-0.2, -0.15) is 0 Å². The summed E-state index contributed by atoms with van der Waals surface area (Å²) in [6.07, 6.45) is 27.9. The number of rotatable bonds is 4. The van der Waals surface area contributed by atoms with Crippen LogP contribution in [0.25, 0.3) is 57.2 Å². The van der Waals surface area contributed by atoms with Gasteiger partial charge in [0.2, 0.25) is 0 Å². The molecule has 0 saturated carbocycles. The Bertz CT molecular complexity index is 2560. The van der Waals surface area contributed by atoms with Gasteiger partial charge in [-0.25, -0.2) is 0 Å². The summed E-state index contributed by atoms with van der Waals surface area (Å²) in [6, 6.07) is 29.3. The van der Waals surface area contributed by atoms with Gasteiger partial charge in [0, 0.05) is 43.8 Å². The molecule has 4 aromatic carbocycles. The molecule has 242 valence electrons. The van der Waals surface area contributed by atoms with Crippen LogP contribution in [0.2, 0.25) is 0 Å². The van der Waals surface area contributed by atoms with Gasteiger partial charge in [0.25, 0.3) is 0 Å². The third-order valence-corrected chi connectivity index (χ3v) is 13.0. The molecule has 0 radical (unpaired) electrons. The molecule has 0 aliphatic heterocycles. The molecule has 2 unspecified atom stereocenters. The number of hydrogen-bond acceptors (Lipinski definition) is 1. The van der Waals surface area contributed by atoms with E-state index in [2.05, 4.69) is 158 Å². The lowest BCUT2D eigenvalue weighted by Crippen LogP contribution is -2.11. The van der Waals surface area contributed by atoms with Crippen LogP contribution in [-0.4, -0.2) is 4.57 Å². The molecular weight excluding hydrogens is 623 g/mol. The molecule has 2 heteroatoms. The van der Waals surface area contributed by atoms with E-state index in [-0.39, 0.29) is 0 Å². The summed E-state index contributed by atoms with van der Waals surface area (Å²) in [5, 5.41) is 4.09. The fourth-order valence-corrected chi connectivity index (χ4v) is 10.8. The average molecular weight is 662 g/mol. The van der Waals surface area contributed by atoms with Gasteiger partial charge in [0.05, 0.1) is 11.2 Å². The Morgan fingerprint density at radius 1 is 0.820 bits per heavy atom. The minimum Gasteiger partial charge on any atom is -0.312 e. The van der Waals surface area contributed by atoms with Gasteiger partial charge in [-0.3, -0.25) is 0 Å². The van der Waals surface area contributed by atoms with Crippen molar-refractivity contribution in [2.24, 2.45) is 0 Å². The summed E-state index contributed by atoms with van der Waals surface area (Å²) in [5.74, 6) is 0.740. The van der Waals surface area contributed by atoms with Crippen LogP contribution in [-0.2, 0) is 6.42 Å². The Morgan fingerprint density at radius 3 is 2.58 bits per heavy atom. The number of aromatic nitrogens is 1. The number of thiophene rings is 1. The first-order valence-electron chi connectivity index (χ1n) is 18.2. The molecule has 1 nitrogen and oxygen atoms in total. The highest BCUT2D eigenvalue weighted by molar-refractivity contribution is 7.13. The lowest BCUT2D eigenvalue weighted by molar-refractivity contribution is 0.686. The Balaban J connectivity index is 1.13. The van der Waals surface area contributed by atoms with Crippen molar-refractivity contribution < 1.29 is 0 Å². The molecule has 50 heavy (non-hydrogen) atoms. The van der Waals surface area contributed by atoms with Crippen molar-refractivity contribution in [2.75, 3.05) is 0 Å². The van der Waals surface area contributed by atoms with Gasteiger partial charge in [0.15, 0.2) is 0 Å². The number of benzene rings is 4. The first-order valence-corrected chi connectivity index (χ1v) is 19.0. The normalized spacial score (nSPS) is 19.0. The Kier molecular flexibility index (Phi) is 6.96. The van der Waals surface area contributed by atoms with Crippen LogP contribution in [0.1, 0.15) is 92.4 Å². The molecule has 10 rings (SSSR count). The van der Waals surface area contributed by atoms with Gasteiger partial charge in [0.1, 0.15) is 0 Å². The Hall–Kier alpha value is -5.18. The maximum atomic E-state index is 2.60. The topological polar surface area (TPSA) is 4.93 Å². The summed E-state index contributed by atoms with van der Waals surface area (Å²) < 4.78 is 2.60. The molecule has 0 amide bonds. The number of fused-ring (bicyclic) bond motifs is 4. The quantitative estimate of drug-likeness (QED) is 0.177. The van der Waals surface area contributed by atoms with Gasteiger partial charge >= 0.3 is 0 Å². The second-order valence-corrected chi connectivity index (χ2v) is 15.2. The van der Waals surface area contributed by atoms with Crippen molar-refractivity contribution in [2.45, 2.75) is 51.4 Å². The van der Waals surface area contributed by atoms with Crippen molar-refractivity contribution in [1.82, 2.24) is 4.57 Å². The first-order chi connectivity index (χ1) is 24.7. The maximum absolute atomic E-state index is 2.60. The van der Waals surface area contributed by atoms with E-state index >= 15 is 0 Å². The van der Waals surface area contributed by atoms with E-state index < -0.39 is 0 Å². The molecule has 0 N–H and O–H groups in total. The van der Waals surface area contributed by atoms with E-state index in [0.29, 0.717) is 11.8 Å². The van der Waals surface area contributed by atoms with Crippen LogP contribution in [0.15, 0.2) is 121 Å². The Morgan fingerprint density at radius 2 is 1.68 bits per heavy atom. The van der Waals surface area contributed by atoms with Gasteiger partial charge < -0.3 is 4.57 Å². The van der Waals surface area contributed by atoms with Crippen molar-refractivity contribution >= 4 is 62.9 Å². The summed E-state index contributed by atoms with van der Waals surface area (Å²) in [6.45, 7) is 4.52. The largest absolute Gasteiger partial charge is 0.312 e. The molecular formula is C48H39NS. The van der Waals surface area contributed by atoms with Crippen molar-refractivity contribution in [3.63, 3.8) is 0 Å². The van der Waals surface area contributed by atoms with Crippen LogP contribution in [0, 0.1) is 6.92 Å². The van der Waals surface area contributed by atoms with Gasteiger partial charge in [-0.15, -0.1) is 11.3 Å². The Labute approximate surface area is 298 Å². The van der Waals surface area contributed by atoms with Crippen LogP contribution in [0.3, 0.4) is 0 Å². The molecule has 2 aromatic heterocycles. The summed E-state index contributed by atoms with van der Waals surface area (Å²) in [5.41, 5.74) is 16.7. The highest BCUT2D eigenvalue weighted by Crippen LogP contribution is 2.49. The zero-order valence-corrected chi connectivity index (χ0v) is 29.4. The molecule has 6 aromatic rings. The number of hydrogen-bond donors (Lipinski definition) is 0. The van der Waals surface area contributed by atoms with Gasteiger partial charge in [-0.05, 0) is 95.8 Å². The number of para-hydroxylation sites is 1. The summed E-state index contributed by atoms with van der Waals surface area (Å²) >= 11 is 2.03. The van der Waals surface area contributed by atoms with E-state index in [1.807, 2.05) is 11.3 Å². The van der Waals surface area contributed by atoms with Crippen molar-refractivity contribution in [3.8, 4) is 5.69 Å². The third-order valence-electron chi connectivity index (χ3n) is 11.5. The third kappa shape index (κ3) is 4.44. The molecule has 4 aliphatic rings. The maximum Gasteiger partial charge on any atom is 0.0537 e. The standard InChI is InChI=1S/C48H39NS/c1-3-36(31-13-5-4-6-14-31)47-30(2)37-17-9-10-18-38(48(37)50-47)35-25-28-44-41(29-35)39-19-11-12-20-42(39)49(44)43-27-24-34-22-21-32-15-7-8-16-33-23-26-40(43)46(34)45(32)33/h3-9,11-17,19-24,26-27,29,33,38H,10,18,25,28H2,1-2H3/b36-3-. The average Bonchev–Trinajstić information content (AvgIpc) is 3.43. The van der Waals surface area contributed by atoms with E-state index in [1.54, 1.807) is 10.5 Å². The zero-order valence-electron chi connectivity index (χ0n) is 28.6. The van der Waals surface area contributed by atoms with Gasteiger partial charge in [-0.1, -0.05) is 133 Å². The van der Waals surface area contributed by atoms with Crippen molar-refractivity contribution in [1.29, 1.82) is 0 Å².